The second-order valence-electron chi connectivity index (χ2n) is 5.78. The molecule has 1 aromatic heterocycles. The molecule has 0 saturated carbocycles. The quantitative estimate of drug-likeness (QED) is 0.635. The highest BCUT2D eigenvalue weighted by Crippen LogP contribution is 2.29. The first-order valence-electron chi connectivity index (χ1n) is 6.67. The van der Waals surface area contributed by atoms with Gasteiger partial charge in [-0.25, -0.2) is 0 Å². The molecule has 2 rings (SSSR count). The van der Waals surface area contributed by atoms with Crippen molar-refractivity contribution < 1.29 is 4.43 Å². The summed E-state index contributed by atoms with van der Waals surface area (Å²) in [5, 5.41) is 4.21. The lowest BCUT2D eigenvalue weighted by Crippen LogP contribution is -2.29. The average molecular weight is 287 g/mol. The molecule has 0 aliphatic heterocycles. The maximum Gasteiger partial charge on any atom is 0.242 e. The molecular formula is C15H21N3OSi. The van der Waals surface area contributed by atoms with Crippen LogP contribution in [0.5, 0.6) is 5.75 Å². The lowest BCUT2D eigenvalue weighted by atomic mass is 10.3. The number of hydrogen-bond acceptors (Lipinski definition) is 3. The van der Waals surface area contributed by atoms with Gasteiger partial charge >= 0.3 is 0 Å². The lowest BCUT2D eigenvalue weighted by molar-refractivity contribution is 0.559. The highest BCUT2D eigenvalue weighted by atomic mass is 28.4. The minimum Gasteiger partial charge on any atom is -0.543 e. The van der Waals surface area contributed by atoms with Crippen molar-refractivity contribution in [2.24, 2.45) is 12.0 Å². The van der Waals surface area contributed by atoms with Gasteiger partial charge in [-0.3, -0.25) is 9.67 Å². The molecule has 20 heavy (non-hydrogen) atoms. The fourth-order valence-corrected chi connectivity index (χ4v) is 2.69. The third-order valence-corrected chi connectivity index (χ3v) is 3.62. The zero-order chi connectivity index (χ0) is 14.8. The molecular weight excluding hydrogens is 266 g/mol. The Bertz CT molecular complexity index is 607. The second-order valence-corrected chi connectivity index (χ2v) is 10.2. The standard InChI is InChI=1S/C15H21N3OSi/c1-12-10-17-18(2)14(12)11-16-13-8-6-7-9-15(13)19-20(3,4)5/h6-11H,1-5H3/b16-11+. The molecule has 0 saturated heterocycles. The Morgan fingerprint density at radius 1 is 1.25 bits per heavy atom. The van der Waals surface area contributed by atoms with E-state index in [4.69, 9.17) is 4.43 Å². The van der Waals surface area contributed by atoms with Crippen LogP contribution in [0.15, 0.2) is 35.5 Å². The van der Waals surface area contributed by atoms with Crippen molar-refractivity contribution in [2.75, 3.05) is 0 Å². The number of aryl methyl sites for hydroxylation is 2. The van der Waals surface area contributed by atoms with Crippen LogP contribution in [0.3, 0.4) is 0 Å². The van der Waals surface area contributed by atoms with Gasteiger partial charge in [0.2, 0.25) is 8.32 Å². The van der Waals surface area contributed by atoms with Crippen molar-refractivity contribution in [3.05, 3.63) is 41.7 Å². The van der Waals surface area contributed by atoms with E-state index in [-0.39, 0.29) is 0 Å². The van der Waals surface area contributed by atoms with Crippen molar-refractivity contribution in [2.45, 2.75) is 26.6 Å². The van der Waals surface area contributed by atoms with E-state index in [2.05, 4.69) is 29.7 Å². The summed E-state index contributed by atoms with van der Waals surface area (Å²) in [4.78, 5) is 4.57. The van der Waals surface area contributed by atoms with Gasteiger partial charge in [0.1, 0.15) is 11.4 Å². The molecule has 1 heterocycles. The van der Waals surface area contributed by atoms with Gasteiger partial charge in [-0.05, 0) is 44.3 Å². The topological polar surface area (TPSA) is 39.4 Å². The largest absolute Gasteiger partial charge is 0.543 e. The first kappa shape index (κ1) is 14.5. The Hall–Kier alpha value is -1.88. The van der Waals surface area contributed by atoms with E-state index in [0.717, 1.165) is 22.7 Å². The number of benzene rings is 1. The molecule has 0 aliphatic rings. The second kappa shape index (κ2) is 5.62. The summed E-state index contributed by atoms with van der Waals surface area (Å²) >= 11 is 0. The third-order valence-electron chi connectivity index (χ3n) is 2.78. The van der Waals surface area contributed by atoms with Crippen LogP contribution in [0.1, 0.15) is 11.3 Å². The molecule has 0 aliphatic carbocycles. The third kappa shape index (κ3) is 3.57. The van der Waals surface area contributed by atoms with Crippen LogP contribution >= 0.6 is 0 Å². The van der Waals surface area contributed by atoms with Gasteiger partial charge in [-0.1, -0.05) is 12.1 Å². The number of aliphatic imine (C=N–C) groups is 1. The molecule has 4 nitrogen and oxygen atoms in total. The molecule has 0 atom stereocenters. The summed E-state index contributed by atoms with van der Waals surface area (Å²) in [6.45, 7) is 8.52. The highest BCUT2D eigenvalue weighted by molar-refractivity contribution is 6.70. The molecule has 0 radical (unpaired) electrons. The van der Waals surface area contributed by atoms with Crippen LogP contribution in [-0.4, -0.2) is 24.3 Å². The SMILES string of the molecule is Cc1cnn(C)c1/C=N/c1ccccc1O[Si](C)(C)C. The predicted molar refractivity (Wildman–Crippen MR) is 85.6 cm³/mol. The summed E-state index contributed by atoms with van der Waals surface area (Å²) in [5.41, 5.74) is 2.98. The monoisotopic (exact) mass is 287 g/mol. The molecule has 5 heteroatoms. The van der Waals surface area contributed by atoms with Gasteiger partial charge in [0.05, 0.1) is 18.1 Å². The Labute approximate surface area is 121 Å². The average Bonchev–Trinajstić information content (AvgIpc) is 2.66. The van der Waals surface area contributed by atoms with E-state index >= 15 is 0 Å². The summed E-state index contributed by atoms with van der Waals surface area (Å²) in [7, 11) is 0.278. The van der Waals surface area contributed by atoms with E-state index < -0.39 is 8.32 Å². The van der Waals surface area contributed by atoms with Crippen molar-refractivity contribution >= 4 is 20.2 Å². The van der Waals surface area contributed by atoms with Crippen LogP contribution < -0.4 is 4.43 Å². The van der Waals surface area contributed by atoms with E-state index in [1.807, 2.05) is 55.3 Å². The summed E-state index contributed by atoms with van der Waals surface area (Å²) in [6.07, 6.45) is 3.68. The van der Waals surface area contributed by atoms with Crippen molar-refractivity contribution in [3.63, 3.8) is 0 Å². The zero-order valence-corrected chi connectivity index (χ0v) is 13.7. The van der Waals surface area contributed by atoms with Crippen molar-refractivity contribution in [3.8, 4) is 5.75 Å². The first-order chi connectivity index (χ1) is 9.37. The van der Waals surface area contributed by atoms with E-state index in [1.54, 1.807) is 0 Å². The Morgan fingerprint density at radius 2 is 1.95 bits per heavy atom. The Balaban J connectivity index is 2.30. The number of aromatic nitrogens is 2. The maximum absolute atomic E-state index is 6.07. The van der Waals surface area contributed by atoms with Crippen LogP contribution in [-0.2, 0) is 7.05 Å². The first-order valence-corrected chi connectivity index (χ1v) is 10.1. The molecule has 106 valence electrons. The van der Waals surface area contributed by atoms with Gasteiger partial charge < -0.3 is 4.43 Å². The van der Waals surface area contributed by atoms with Gasteiger partial charge in [-0.2, -0.15) is 5.10 Å². The zero-order valence-electron chi connectivity index (χ0n) is 12.7. The summed E-state index contributed by atoms with van der Waals surface area (Å²) < 4.78 is 7.89. The van der Waals surface area contributed by atoms with Crippen LogP contribution in [0, 0.1) is 6.92 Å². The molecule has 0 N–H and O–H groups in total. The number of nitrogens with zero attached hydrogens (tertiary/aromatic N) is 3. The molecule has 1 aromatic carbocycles. The van der Waals surface area contributed by atoms with Gasteiger partial charge in [0.25, 0.3) is 0 Å². The van der Waals surface area contributed by atoms with E-state index in [1.165, 1.54) is 0 Å². The number of para-hydroxylation sites is 2. The summed E-state index contributed by atoms with van der Waals surface area (Å²) in [5.74, 6) is 0.850. The van der Waals surface area contributed by atoms with Crippen molar-refractivity contribution in [1.82, 2.24) is 9.78 Å². The van der Waals surface area contributed by atoms with Crippen molar-refractivity contribution in [1.29, 1.82) is 0 Å². The Kier molecular flexibility index (Phi) is 4.08. The van der Waals surface area contributed by atoms with Gasteiger partial charge in [0, 0.05) is 7.05 Å². The van der Waals surface area contributed by atoms with Crippen LogP contribution in [0.4, 0.5) is 5.69 Å². The highest BCUT2D eigenvalue weighted by Gasteiger charge is 2.17. The van der Waals surface area contributed by atoms with E-state index in [0.29, 0.717) is 0 Å². The van der Waals surface area contributed by atoms with E-state index in [9.17, 15) is 0 Å². The normalized spacial score (nSPS) is 12.1. The molecule has 2 aromatic rings. The number of hydrogen-bond donors (Lipinski definition) is 0. The van der Waals surface area contributed by atoms with Crippen LogP contribution in [0.2, 0.25) is 19.6 Å². The van der Waals surface area contributed by atoms with Crippen LogP contribution in [0.25, 0.3) is 0 Å². The molecule has 0 unspecified atom stereocenters. The molecule has 0 amide bonds. The molecule has 0 spiro atoms. The molecule has 0 fully saturated rings. The van der Waals surface area contributed by atoms with Gasteiger partial charge in [-0.15, -0.1) is 0 Å². The smallest absolute Gasteiger partial charge is 0.242 e. The number of rotatable bonds is 4. The minimum absolute atomic E-state index is 0.850. The Morgan fingerprint density at radius 3 is 2.55 bits per heavy atom. The lowest BCUT2D eigenvalue weighted by Gasteiger charge is -2.20. The van der Waals surface area contributed by atoms with Gasteiger partial charge in [0.15, 0.2) is 0 Å². The minimum atomic E-state index is -1.64. The molecule has 0 bridgehead atoms. The predicted octanol–water partition coefficient (Wildman–Crippen LogP) is 3.69. The fourth-order valence-electron chi connectivity index (χ4n) is 1.85. The maximum atomic E-state index is 6.07. The fraction of sp³-hybridized carbons (Fsp3) is 0.333. The summed E-state index contributed by atoms with van der Waals surface area (Å²) in [6, 6.07) is 7.89.